The Bertz CT molecular complexity index is 518. The largest absolute Gasteiger partial charge is 0.393 e. The first-order valence-electron chi connectivity index (χ1n) is 10.6. The fraction of sp³-hybridized carbons (Fsp3) is 1.00. The van der Waals surface area contributed by atoms with Gasteiger partial charge in [-0.05, 0) is 98.2 Å². The van der Waals surface area contributed by atoms with Crippen LogP contribution in [0.15, 0.2) is 0 Å². The SMILES string of the molecule is CC[C@]1(O)CC[C@]2(C)[C@H]3CC[C@]4(C)[C@@H](O)CC[C@H]4[C@@H]3CC[C@@]2(C)C1. The first-order chi connectivity index (χ1) is 11.2. The van der Waals surface area contributed by atoms with Crippen LogP contribution in [0.1, 0.15) is 91.9 Å². The van der Waals surface area contributed by atoms with Crippen LogP contribution < -0.4 is 0 Å². The van der Waals surface area contributed by atoms with Crippen LogP contribution in [0.5, 0.6) is 0 Å². The minimum Gasteiger partial charge on any atom is -0.393 e. The summed E-state index contributed by atoms with van der Waals surface area (Å²) in [6.07, 6.45) is 11.4. The van der Waals surface area contributed by atoms with E-state index >= 15 is 0 Å². The molecule has 4 fully saturated rings. The molecular weight excluding hydrogens is 296 g/mol. The number of rotatable bonds is 1. The molecule has 2 heteroatoms. The Morgan fingerprint density at radius 1 is 0.875 bits per heavy atom. The summed E-state index contributed by atoms with van der Waals surface area (Å²) < 4.78 is 0. The number of fused-ring (bicyclic) bond motifs is 5. The predicted octanol–water partition coefficient (Wildman–Crippen LogP) is 4.92. The van der Waals surface area contributed by atoms with Crippen molar-refractivity contribution in [3.63, 3.8) is 0 Å². The van der Waals surface area contributed by atoms with E-state index in [2.05, 4.69) is 27.7 Å². The molecular formula is C22H38O2. The van der Waals surface area contributed by atoms with Crippen LogP contribution >= 0.6 is 0 Å². The van der Waals surface area contributed by atoms with Crippen molar-refractivity contribution in [2.24, 2.45) is 34.0 Å². The fourth-order valence-corrected chi connectivity index (χ4v) is 8.06. The van der Waals surface area contributed by atoms with E-state index in [1.165, 1.54) is 38.5 Å². The molecule has 0 radical (unpaired) electrons. The molecule has 0 aromatic carbocycles. The van der Waals surface area contributed by atoms with Gasteiger partial charge >= 0.3 is 0 Å². The van der Waals surface area contributed by atoms with E-state index in [1.54, 1.807) is 0 Å². The zero-order chi connectivity index (χ0) is 17.4. The number of hydrogen-bond donors (Lipinski definition) is 2. The van der Waals surface area contributed by atoms with Crippen LogP contribution in [0.2, 0.25) is 0 Å². The van der Waals surface area contributed by atoms with Crippen molar-refractivity contribution in [3.8, 4) is 0 Å². The molecule has 4 saturated carbocycles. The molecule has 0 saturated heterocycles. The Morgan fingerprint density at radius 3 is 2.33 bits per heavy atom. The lowest BCUT2D eigenvalue weighted by molar-refractivity contribution is -0.195. The normalized spacial score (nSPS) is 60.2. The van der Waals surface area contributed by atoms with Gasteiger partial charge in [-0.2, -0.15) is 0 Å². The molecule has 4 rings (SSSR count). The molecule has 4 aliphatic rings. The molecule has 0 spiro atoms. The van der Waals surface area contributed by atoms with Gasteiger partial charge in [-0.1, -0.05) is 27.7 Å². The Hall–Kier alpha value is -0.0800. The molecule has 8 atom stereocenters. The van der Waals surface area contributed by atoms with E-state index in [4.69, 9.17) is 0 Å². The van der Waals surface area contributed by atoms with Crippen LogP contribution in [0.3, 0.4) is 0 Å². The van der Waals surface area contributed by atoms with E-state index < -0.39 is 5.60 Å². The summed E-state index contributed by atoms with van der Waals surface area (Å²) in [4.78, 5) is 0. The summed E-state index contributed by atoms with van der Waals surface area (Å²) in [7, 11) is 0. The third-order valence-corrected chi connectivity index (χ3v) is 10.1. The zero-order valence-corrected chi connectivity index (χ0v) is 16.3. The molecule has 0 bridgehead atoms. The molecule has 0 amide bonds. The van der Waals surface area contributed by atoms with E-state index in [9.17, 15) is 10.2 Å². The first kappa shape index (κ1) is 17.3. The summed E-state index contributed by atoms with van der Waals surface area (Å²) in [5.41, 5.74) is 0.437. The van der Waals surface area contributed by atoms with Crippen molar-refractivity contribution in [2.75, 3.05) is 0 Å². The molecule has 138 valence electrons. The summed E-state index contributed by atoms with van der Waals surface area (Å²) in [6, 6.07) is 0. The van der Waals surface area contributed by atoms with E-state index in [-0.39, 0.29) is 11.5 Å². The van der Waals surface area contributed by atoms with Gasteiger partial charge in [0.05, 0.1) is 11.7 Å². The van der Waals surface area contributed by atoms with Crippen molar-refractivity contribution < 1.29 is 10.2 Å². The smallest absolute Gasteiger partial charge is 0.0650 e. The highest BCUT2D eigenvalue weighted by Crippen LogP contribution is 2.70. The van der Waals surface area contributed by atoms with Gasteiger partial charge in [0.25, 0.3) is 0 Å². The van der Waals surface area contributed by atoms with Crippen LogP contribution in [0, 0.1) is 34.0 Å². The summed E-state index contributed by atoms with van der Waals surface area (Å²) in [5, 5.41) is 21.6. The maximum atomic E-state index is 11.0. The van der Waals surface area contributed by atoms with Gasteiger partial charge < -0.3 is 10.2 Å². The first-order valence-corrected chi connectivity index (χ1v) is 10.6. The van der Waals surface area contributed by atoms with Gasteiger partial charge in [0.2, 0.25) is 0 Å². The summed E-state index contributed by atoms with van der Waals surface area (Å²) in [5.74, 6) is 2.35. The van der Waals surface area contributed by atoms with Crippen molar-refractivity contribution in [1.29, 1.82) is 0 Å². The van der Waals surface area contributed by atoms with Crippen molar-refractivity contribution in [1.82, 2.24) is 0 Å². The standard InChI is InChI=1S/C22H38O2/c1-5-22(24)13-12-21(4)17-9-11-20(3)16(6-7-18(20)23)15(17)8-10-19(21,2)14-22/h15-18,23-24H,5-14H2,1-4H3/t15-,16-,17-,18-,19-,20-,21+,22-/m0/s1. The molecule has 0 unspecified atom stereocenters. The third kappa shape index (κ3) is 2.08. The minimum atomic E-state index is -0.423. The van der Waals surface area contributed by atoms with Gasteiger partial charge in [0, 0.05) is 0 Å². The van der Waals surface area contributed by atoms with Crippen molar-refractivity contribution >= 4 is 0 Å². The molecule has 24 heavy (non-hydrogen) atoms. The fourth-order valence-electron chi connectivity index (χ4n) is 8.06. The number of hydrogen-bond acceptors (Lipinski definition) is 2. The highest BCUT2D eigenvalue weighted by Gasteiger charge is 2.64. The van der Waals surface area contributed by atoms with Crippen molar-refractivity contribution in [2.45, 2.75) is 104 Å². The molecule has 0 aliphatic heterocycles. The van der Waals surface area contributed by atoms with Crippen LogP contribution in [-0.4, -0.2) is 21.9 Å². The quantitative estimate of drug-likeness (QED) is 0.714. The van der Waals surface area contributed by atoms with Crippen LogP contribution in [0.4, 0.5) is 0 Å². The van der Waals surface area contributed by atoms with Gasteiger partial charge in [-0.3, -0.25) is 0 Å². The second-order valence-corrected chi connectivity index (χ2v) is 10.8. The Balaban J connectivity index is 1.65. The lowest BCUT2D eigenvalue weighted by Gasteiger charge is -2.66. The molecule has 0 heterocycles. The average molecular weight is 335 g/mol. The van der Waals surface area contributed by atoms with E-state index in [0.29, 0.717) is 10.8 Å². The maximum Gasteiger partial charge on any atom is 0.0650 e. The maximum absolute atomic E-state index is 11.0. The second kappa shape index (κ2) is 5.22. The Morgan fingerprint density at radius 2 is 1.62 bits per heavy atom. The third-order valence-electron chi connectivity index (χ3n) is 10.1. The van der Waals surface area contributed by atoms with Gasteiger partial charge in [-0.15, -0.1) is 0 Å². The van der Waals surface area contributed by atoms with Crippen LogP contribution in [0.25, 0.3) is 0 Å². The summed E-state index contributed by atoms with van der Waals surface area (Å²) >= 11 is 0. The molecule has 2 nitrogen and oxygen atoms in total. The number of aliphatic hydroxyl groups is 2. The predicted molar refractivity (Wildman–Crippen MR) is 97.6 cm³/mol. The number of aliphatic hydroxyl groups excluding tert-OH is 1. The van der Waals surface area contributed by atoms with E-state index in [0.717, 1.165) is 43.4 Å². The zero-order valence-electron chi connectivity index (χ0n) is 16.3. The topological polar surface area (TPSA) is 40.5 Å². The molecule has 0 aromatic heterocycles. The van der Waals surface area contributed by atoms with Gasteiger partial charge in [-0.25, -0.2) is 0 Å². The Labute approximate surface area is 148 Å². The Kier molecular flexibility index (Phi) is 3.77. The molecule has 2 N–H and O–H groups in total. The summed E-state index contributed by atoms with van der Waals surface area (Å²) in [6.45, 7) is 9.58. The van der Waals surface area contributed by atoms with Crippen molar-refractivity contribution in [3.05, 3.63) is 0 Å². The second-order valence-electron chi connectivity index (χ2n) is 10.8. The molecule has 0 aromatic rings. The highest BCUT2D eigenvalue weighted by molar-refractivity contribution is 5.14. The van der Waals surface area contributed by atoms with Gasteiger partial charge in [0.1, 0.15) is 0 Å². The van der Waals surface area contributed by atoms with E-state index in [1.807, 2.05) is 0 Å². The molecule has 4 aliphatic carbocycles. The average Bonchev–Trinajstić information content (AvgIpc) is 2.84. The lowest BCUT2D eigenvalue weighted by atomic mass is 9.39. The minimum absolute atomic E-state index is 0.0684. The van der Waals surface area contributed by atoms with Gasteiger partial charge in [0.15, 0.2) is 0 Å². The monoisotopic (exact) mass is 334 g/mol. The van der Waals surface area contributed by atoms with Crippen LogP contribution in [-0.2, 0) is 0 Å². The highest BCUT2D eigenvalue weighted by atomic mass is 16.3. The lowest BCUT2D eigenvalue weighted by Crippen LogP contribution is -2.60.